The minimum atomic E-state index is -4.36. The summed E-state index contributed by atoms with van der Waals surface area (Å²) >= 11 is 0. The fourth-order valence-electron chi connectivity index (χ4n) is 2.23. The van der Waals surface area contributed by atoms with Crippen molar-refractivity contribution in [2.75, 3.05) is 19.0 Å². The van der Waals surface area contributed by atoms with Crippen molar-refractivity contribution in [2.24, 2.45) is 0 Å². The van der Waals surface area contributed by atoms with E-state index in [1.807, 2.05) is 43.3 Å². The van der Waals surface area contributed by atoms with Gasteiger partial charge in [0.25, 0.3) is 0 Å². The number of rotatable bonds is 2. The molecule has 0 saturated heterocycles. The monoisotopic (exact) mass is 305 g/mol. The second-order valence-electron chi connectivity index (χ2n) is 5.25. The molecule has 3 nitrogen and oxygen atoms in total. The maximum Gasteiger partial charge on any atom is 0.417 e. The molecule has 0 N–H and O–H groups in total. The normalized spacial score (nSPS) is 11.9. The smallest absolute Gasteiger partial charge is 0.378 e. The van der Waals surface area contributed by atoms with Gasteiger partial charge in [0, 0.05) is 37.7 Å². The van der Waals surface area contributed by atoms with Crippen LogP contribution < -0.4 is 4.90 Å². The third-order valence-corrected chi connectivity index (χ3v) is 3.46. The molecule has 2 aromatic heterocycles. The fourth-order valence-corrected chi connectivity index (χ4v) is 2.23. The zero-order chi connectivity index (χ0) is 15.9. The van der Waals surface area contributed by atoms with Gasteiger partial charge in [-0.1, -0.05) is 12.1 Å². The van der Waals surface area contributed by atoms with Crippen LogP contribution in [0.3, 0.4) is 0 Å². The molecular formula is C16H14F3N3. The van der Waals surface area contributed by atoms with E-state index in [1.54, 1.807) is 6.20 Å². The highest BCUT2D eigenvalue weighted by Gasteiger charge is 2.30. The predicted octanol–water partition coefficient (Wildman–Crippen LogP) is 4.09. The molecule has 0 amide bonds. The van der Waals surface area contributed by atoms with Crippen molar-refractivity contribution in [1.82, 2.24) is 9.38 Å². The van der Waals surface area contributed by atoms with Crippen LogP contribution in [0.2, 0.25) is 0 Å². The fraction of sp³-hybridized carbons (Fsp3) is 0.188. The summed E-state index contributed by atoms with van der Waals surface area (Å²) in [6.07, 6.45) is -1.69. The molecule has 0 atom stereocenters. The van der Waals surface area contributed by atoms with Crippen LogP contribution in [0.1, 0.15) is 5.56 Å². The molecule has 0 bridgehead atoms. The maximum absolute atomic E-state index is 12.7. The van der Waals surface area contributed by atoms with E-state index >= 15 is 0 Å². The zero-order valence-electron chi connectivity index (χ0n) is 12.1. The van der Waals surface area contributed by atoms with Crippen molar-refractivity contribution in [3.63, 3.8) is 0 Å². The molecule has 0 aliphatic rings. The molecule has 0 radical (unpaired) electrons. The first-order valence-corrected chi connectivity index (χ1v) is 6.68. The van der Waals surface area contributed by atoms with Crippen LogP contribution in [0.25, 0.3) is 16.9 Å². The summed E-state index contributed by atoms with van der Waals surface area (Å²) in [6, 6.07) is 10.1. The Morgan fingerprint density at radius 3 is 2.23 bits per heavy atom. The number of hydrogen-bond acceptors (Lipinski definition) is 2. The number of fused-ring (bicyclic) bond motifs is 1. The molecule has 0 saturated carbocycles. The highest BCUT2D eigenvalue weighted by atomic mass is 19.4. The van der Waals surface area contributed by atoms with Gasteiger partial charge in [-0.05, 0) is 24.3 Å². The van der Waals surface area contributed by atoms with Gasteiger partial charge in [0.15, 0.2) is 0 Å². The van der Waals surface area contributed by atoms with E-state index in [2.05, 4.69) is 4.98 Å². The predicted molar refractivity (Wildman–Crippen MR) is 80.0 cm³/mol. The largest absolute Gasteiger partial charge is 0.417 e. The molecule has 1 aromatic carbocycles. The number of imidazole rings is 1. The standard InChI is InChI=1S/C16H14F3N3/c1-21(2)13-6-3-11(4-7-13)14-10-22-9-12(16(17,18)19)5-8-15(22)20-14/h3-10H,1-2H3. The van der Waals surface area contributed by atoms with Gasteiger partial charge >= 0.3 is 6.18 Å². The number of hydrogen-bond donors (Lipinski definition) is 0. The Hall–Kier alpha value is -2.50. The summed E-state index contributed by atoms with van der Waals surface area (Å²) < 4.78 is 39.6. The van der Waals surface area contributed by atoms with Crippen LogP contribution >= 0.6 is 0 Å². The summed E-state index contributed by atoms with van der Waals surface area (Å²) in [4.78, 5) is 6.34. The van der Waals surface area contributed by atoms with Crippen LogP contribution in [0.15, 0.2) is 48.8 Å². The lowest BCUT2D eigenvalue weighted by Gasteiger charge is -2.12. The highest BCUT2D eigenvalue weighted by molar-refractivity contribution is 5.65. The average molecular weight is 305 g/mol. The lowest BCUT2D eigenvalue weighted by atomic mass is 10.1. The molecule has 3 rings (SSSR count). The summed E-state index contributed by atoms with van der Waals surface area (Å²) in [6.45, 7) is 0. The summed E-state index contributed by atoms with van der Waals surface area (Å²) in [5.74, 6) is 0. The molecular weight excluding hydrogens is 291 g/mol. The molecule has 2 heterocycles. The van der Waals surface area contributed by atoms with E-state index in [0.29, 0.717) is 11.3 Å². The Balaban J connectivity index is 2.01. The van der Waals surface area contributed by atoms with E-state index in [1.165, 1.54) is 10.5 Å². The molecule has 0 fully saturated rings. The molecule has 22 heavy (non-hydrogen) atoms. The Kier molecular flexibility index (Phi) is 3.31. The van der Waals surface area contributed by atoms with Gasteiger partial charge < -0.3 is 9.30 Å². The minimum absolute atomic E-state index is 0.486. The van der Waals surface area contributed by atoms with Gasteiger partial charge in [-0.2, -0.15) is 13.2 Å². The van der Waals surface area contributed by atoms with E-state index in [4.69, 9.17) is 0 Å². The number of alkyl halides is 3. The second-order valence-corrected chi connectivity index (χ2v) is 5.25. The van der Waals surface area contributed by atoms with E-state index in [-0.39, 0.29) is 0 Å². The first kappa shape index (κ1) is 14.4. The number of anilines is 1. The number of halogens is 3. The summed E-state index contributed by atoms with van der Waals surface area (Å²) in [5.41, 5.74) is 2.35. The molecule has 0 aliphatic heterocycles. The van der Waals surface area contributed by atoms with E-state index in [0.717, 1.165) is 23.5 Å². The Bertz CT molecular complexity index is 802. The number of aromatic nitrogens is 2. The third-order valence-electron chi connectivity index (χ3n) is 3.46. The van der Waals surface area contributed by atoms with E-state index in [9.17, 15) is 13.2 Å². The Labute approximate surface area is 125 Å². The minimum Gasteiger partial charge on any atom is -0.378 e. The zero-order valence-corrected chi connectivity index (χ0v) is 12.1. The topological polar surface area (TPSA) is 20.5 Å². The van der Waals surface area contributed by atoms with Gasteiger partial charge in [-0.15, -0.1) is 0 Å². The lowest BCUT2D eigenvalue weighted by molar-refractivity contribution is -0.137. The van der Waals surface area contributed by atoms with Crippen molar-refractivity contribution in [2.45, 2.75) is 6.18 Å². The first-order valence-electron chi connectivity index (χ1n) is 6.68. The average Bonchev–Trinajstić information content (AvgIpc) is 2.89. The lowest BCUT2D eigenvalue weighted by Crippen LogP contribution is -2.07. The Morgan fingerprint density at radius 1 is 0.955 bits per heavy atom. The molecule has 0 spiro atoms. The molecule has 3 aromatic rings. The van der Waals surface area contributed by atoms with Crippen LogP contribution in [-0.4, -0.2) is 23.5 Å². The highest BCUT2D eigenvalue weighted by Crippen LogP contribution is 2.30. The van der Waals surface area contributed by atoms with Crippen molar-refractivity contribution in [3.05, 3.63) is 54.4 Å². The van der Waals surface area contributed by atoms with Crippen LogP contribution in [-0.2, 0) is 6.18 Å². The van der Waals surface area contributed by atoms with Gasteiger partial charge in [0.05, 0.1) is 11.3 Å². The molecule has 6 heteroatoms. The number of pyridine rings is 1. The van der Waals surface area contributed by atoms with Crippen molar-refractivity contribution in [3.8, 4) is 11.3 Å². The van der Waals surface area contributed by atoms with Crippen molar-refractivity contribution in [1.29, 1.82) is 0 Å². The van der Waals surface area contributed by atoms with Crippen molar-refractivity contribution < 1.29 is 13.2 Å². The summed E-state index contributed by atoms with van der Waals surface area (Å²) in [7, 11) is 3.89. The van der Waals surface area contributed by atoms with Crippen LogP contribution in [0.5, 0.6) is 0 Å². The maximum atomic E-state index is 12.7. The van der Waals surface area contributed by atoms with Crippen LogP contribution in [0.4, 0.5) is 18.9 Å². The quantitative estimate of drug-likeness (QED) is 0.711. The van der Waals surface area contributed by atoms with Crippen LogP contribution in [0, 0.1) is 0 Å². The SMILES string of the molecule is CN(C)c1ccc(-c2cn3cc(C(F)(F)F)ccc3n2)cc1. The third kappa shape index (κ3) is 2.64. The van der Waals surface area contributed by atoms with Gasteiger partial charge in [-0.25, -0.2) is 4.98 Å². The first-order chi connectivity index (χ1) is 10.3. The number of benzene rings is 1. The second kappa shape index (κ2) is 5.05. The van der Waals surface area contributed by atoms with Gasteiger partial charge in [0.2, 0.25) is 0 Å². The molecule has 0 aliphatic carbocycles. The molecule has 0 unspecified atom stereocenters. The number of nitrogens with zero attached hydrogens (tertiary/aromatic N) is 3. The summed E-state index contributed by atoms with van der Waals surface area (Å²) in [5, 5.41) is 0. The van der Waals surface area contributed by atoms with Crippen molar-refractivity contribution >= 4 is 11.3 Å². The van der Waals surface area contributed by atoms with Gasteiger partial charge in [-0.3, -0.25) is 0 Å². The van der Waals surface area contributed by atoms with E-state index < -0.39 is 11.7 Å². The van der Waals surface area contributed by atoms with Gasteiger partial charge in [0.1, 0.15) is 5.65 Å². The molecule has 114 valence electrons. The Morgan fingerprint density at radius 2 is 1.64 bits per heavy atom.